The van der Waals surface area contributed by atoms with Gasteiger partial charge in [-0.05, 0) is 61.9 Å². The van der Waals surface area contributed by atoms with E-state index >= 15 is 0 Å². The van der Waals surface area contributed by atoms with E-state index in [4.69, 9.17) is 16.3 Å². The molecule has 1 aromatic carbocycles. The maximum Gasteiger partial charge on any atom is 0.260 e. The van der Waals surface area contributed by atoms with Crippen LogP contribution in [-0.4, -0.2) is 28.6 Å². The van der Waals surface area contributed by atoms with E-state index < -0.39 is 0 Å². The number of benzene rings is 1. The second-order valence-corrected chi connectivity index (χ2v) is 7.70. The molecule has 2 aromatic rings. The third-order valence-electron chi connectivity index (χ3n) is 5.55. The first-order valence-corrected chi connectivity index (χ1v) is 9.59. The molecular formula is C21H23ClN2O2. The fourth-order valence-corrected chi connectivity index (χ4v) is 4.20. The topological polar surface area (TPSA) is 42.4 Å². The minimum Gasteiger partial charge on any atom is -0.471 e. The van der Waals surface area contributed by atoms with E-state index in [1.165, 1.54) is 12.8 Å². The van der Waals surface area contributed by atoms with Gasteiger partial charge in [-0.1, -0.05) is 30.5 Å². The zero-order valence-electron chi connectivity index (χ0n) is 15.2. The Hall–Kier alpha value is -2.07. The van der Waals surface area contributed by atoms with Gasteiger partial charge in [0.15, 0.2) is 12.5 Å². The summed E-state index contributed by atoms with van der Waals surface area (Å²) in [5.41, 5.74) is 4.70. The summed E-state index contributed by atoms with van der Waals surface area (Å²) in [6, 6.07) is 6.32. The molecule has 0 bridgehead atoms. The van der Waals surface area contributed by atoms with Gasteiger partial charge in [-0.2, -0.15) is 0 Å². The predicted octanol–water partition coefficient (Wildman–Crippen LogP) is 4.68. The molecule has 1 aliphatic heterocycles. The first-order valence-electron chi connectivity index (χ1n) is 9.22. The third-order valence-corrected chi connectivity index (χ3v) is 6.00. The van der Waals surface area contributed by atoms with Crippen molar-refractivity contribution in [3.63, 3.8) is 0 Å². The van der Waals surface area contributed by atoms with Crippen molar-refractivity contribution in [2.75, 3.05) is 6.73 Å². The van der Waals surface area contributed by atoms with E-state index in [9.17, 15) is 4.79 Å². The summed E-state index contributed by atoms with van der Waals surface area (Å²) < 4.78 is 5.91. The predicted molar refractivity (Wildman–Crippen MR) is 102 cm³/mol. The van der Waals surface area contributed by atoms with Gasteiger partial charge in [0.1, 0.15) is 0 Å². The van der Waals surface area contributed by atoms with Crippen molar-refractivity contribution in [1.82, 2.24) is 9.88 Å². The maximum absolute atomic E-state index is 13.1. The van der Waals surface area contributed by atoms with Crippen LogP contribution in [0.4, 0.5) is 0 Å². The van der Waals surface area contributed by atoms with Crippen molar-refractivity contribution in [3.8, 4) is 5.75 Å². The number of carbonyl (C=O) groups excluding carboxylic acids is 1. The van der Waals surface area contributed by atoms with Crippen molar-refractivity contribution in [1.29, 1.82) is 0 Å². The number of amides is 1. The number of aromatic nitrogens is 1. The van der Waals surface area contributed by atoms with Gasteiger partial charge in [-0.15, -0.1) is 0 Å². The molecular weight excluding hydrogens is 348 g/mol. The Morgan fingerprint density at radius 3 is 2.73 bits per heavy atom. The first kappa shape index (κ1) is 17.3. The molecule has 1 saturated carbocycles. The highest BCUT2D eigenvalue weighted by Crippen LogP contribution is 2.39. The Labute approximate surface area is 159 Å². The number of nitrogens with zero attached hydrogens (tertiary/aromatic N) is 2. The fraction of sp³-hybridized carbons (Fsp3) is 0.429. The fourth-order valence-electron chi connectivity index (χ4n) is 3.92. The molecule has 2 heterocycles. The van der Waals surface area contributed by atoms with Crippen molar-refractivity contribution >= 4 is 17.5 Å². The second-order valence-electron chi connectivity index (χ2n) is 7.32. The zero-order valence-corrected chi connectivity index (χ0v) is 16.0. The van der Waals surface area contributed by atoms with Gasteiger partial charge in [0.25, 0.3) is 5.91 Å². The average Bonchev–Trinajstić information content (AvgIpc) is 3.16. The van der Waals surface area contributed by atoms with Gasteiger partial charge >= 0.3 is 0 Å². The van der Waals surface area contributed by atoms with Crippen LogP contribution in [0.3, 0.4) is 0 Å². The van der Waals surface area contributed by atoms with Crippen LogP contribution < -0.4 is 4.74 Å². The van der Waals surface area contributed by atoms with E-state index in [1.807, 2.05) is 37.1 Å². The molecule has 0 atom stereocenters. The molecule has 1 amide bonds. The Morgan fingerprint density at radius 2 is 2.04 bits per heavy atom. The average molecular weight is 371 g/mol. The van der Waals surface area contributed by atoms with Crippen LogP contribution in [0, 0.1) is 13.8 Å². The van der Waals surface area contributed by atoms with Crippen molar-refractivity contribution < 1.29 is 9.53 Å². The van der Waals surface area contributed by atoms with E-state index in [2.05, 4.69) is 11.1 Å². The summed E-state index contributed by atoms with van der Waals surface area (Å²) in [6.07, 6.45) is 7.06. The lowest BCUT2D eigenvalue weighted by atomic mass is 9.96. The van der Waals surface area contributed by atoms with Crippen molar-refractivity contribution in [2.45, 2.75) is 52.0 Å². The molecule has 0 N–H and O–H groups in total. The van der Waals surface area contributed by atoms with E-state index in [1.54, 1.807) is 0 Å². The molecule has 1 aromatic heterocycles. The van der Waals surface area contributed by atoms with Crippen LogP contribution in [0.25, 0.3) is 0 Å². The van der Waals surface area contributed by atoms with Crippen LogP contribution >= 0.6 is 11.6 Å². The molecule has 2 aliphatic rings. The SMILES string of the molecule is Cc1ccc(Cc2cc3c(c(Cl)c2C)OCN(C2CCCC2)C3=O)cn1. The van der Waals surface area contributed by atoms with Crippen LogP contribution in [0.2, 0.25) is 5.02 Å². The number of fused-ring (bicyclic) bond motifs is 1. The Bertz CT molecular complexity index is 842. The highest BCUT2D eigenvalue weighted by atomic mass is 35.5. The van der Waals surface area contributed by atoms with Gasteiger partial charge < -0.3 is 9.64 Å². The maximum atomic E-state index is 13.1. The van der Waals surface area contributed by atoms with Crippen molar-refractivity contribution in [3.05, 3.63) is 57.4 Å². The minimum atomic E-state index is 0.0448. The van der Waals surface area contributed by atoms with Crippen molar-refractivity contribution in [2.24, 2.45) is 0 Å². The van der Waals surface area contributed by atoms with Gasteiger partial charge in [0.05, 0.1) is 10.6 Å². The summed E-state index contributed by atoms with van der Waals surface area (Å²) in [6.45, 7) is 4.26. The van der Waals surface area contributed by atoms with E-state index in [-0.39, 0.29) is 5.91 Å². The van der Waals surface area contributed by atoms with Crippen LogP contribution in [-0.2, 0) is 6.42 Å². The number of hydrogen-bond acceptors (Lipinski definition) is 3. The summed E-state index contributed by atoms with van der Waals surface area (Å²) >= 11 is 6.57. The Balaban J connectivity index is 1.68. The molecule has 0 radical (unpaired) electrons. The molecule has 1 aliphatic carbocycles. The lowest BCUT2D eigenvalue weighted by Gasteiger charge is -2.34. The summed E-state index contributed by atoms with van der Waals surface area (Å²) in [5.74, 6) is 0.581. The Morgan fingerprint density at radius 1 is 1.27 bits per heavy atom. The number of hydrogen-bond donors (Lipinski definition) is 0. The highest BCUT2D eigenvalue weighted by molar-refractivity contribution is 6.33. The number of ether oxygens (including phenoxy) is 1. The standard InChI is InChI=1S/C21H23ClN2O2/c1-13-7-8-15(11-23-13)9-16-10-18-20(19(22)14(16)2)26-12-24(21(18)25)17-5-3-4-6-17/h7-8,10-11,17H,3-6,9,12H2,1-2H3. The number of rotatable bonds is 3. The Kier molecular flexibility index (Phi) is 4.62. The molecule has 26 heavy (non-hydrogen) atoms. The first-order chi connectivity index (χ1) is 12.5. The number of halogens is 1. The molecule has 4 nitrogen and oxygen atoms in total. The minimum absolute atomic E-state index is 0.0448. The summed E-state index contributed by atoms with van der Waals surface area (Å²) in [4.78, 5) is 19.3. The molecule has 0 spiro atoms. The van der Waals surface area contributed by atoms with E-state index in [0.29, 0.717) is 35.5 Å². The smallest absolute Gasteiger partial charge is 0.260 e. The third kappa shape index (κ3) is 3.07. The second kappa shape index (κ2) is 6.92. The molecule has 0 unspecified atom stereocenters. The summed E-state index contributed by atoms with van der Waals surface area (Å²) in [5, 5.41) is 0.553. The van der Waals surface area contributed by atoms with Gasteiger partial charge in [-0.3, -0.25) is 9.78 Å². The summed E-state index contributed by atoms with van der Waals surface area (Å²) in [7, 11) is 0. The molecule has 136 valence electrons. The van der Waals surface area contributed by atoms with Gasteiger partial charge in [-0.25, -0.2) is 0 Å². The number of pyridine rings is 1. The number of carbonyl (C=O) groups is 1. The molecule has 1 fully saturated rings. The lowest BCUT2D eigenvalue weighted by Crippen LogP contribution is -2.44. The molecule has 4 rings (SSSR count). The molecule has 0 saturated heterocycles. The van der Waals surface area contributed by atoms with Crippen LogP contribution in [0.1, 0.15) is 58.4 Å². The quantitative estimate of drug-likeness (QED) is 0.787. The van der Waals surface area contributed by atoms with E-state index in [0.717, 1.165) is 35.2 Å². The molecule has 5 heteroatoms. The van der Waals surface area contributed by atoms with Gasteiger partial charge in [0, 0.05) is 17.9 Å². The highest BCUT2D eigenvalue weighted by Gasteiger charge is 2.34. The lowest BCUT2D eigenvalue weighted by molar-refractivity contribution is 0.0391. The van der Waals surface area contributed by atoms with Crippen LogP contribution in [0.15, 0.2) is 24.4 Å². The van der Waals surface area contributed by atoms with Crippen LogP contribution in [0.5, 0.6) is 5.75 Å². The van der Waals surface area contributed by atoms with Gasteiger partial charge in [0.2, 0.25) is 0 Å². The normalized spacial score (nSPS) is 17.3. The monoisotopic (exact) mass is 370 g/mol. The zero-order chi connectivity index (χ0) is 18.3. The number of aryl methyl sites for hydroxylation is 1. The largest absolute Gasteiger partial charge is 0.471 e.